The predicted molar refractivity (Wildman–Crippen MR) is 181 cm³/mol. The Morgan fingerprint density at radius 2 is 1.00 bits per heavy atom. The summed E-state index contributed by atoms with van der Waals surface area (Å²) in [6.45, 7) is 19.4. The van der Waals surface area contributed by atoms with Gasteiger partial charge in [-0.15, -0.1) is 0 Å². The summed E-state index contributed by atoms with van der Waals surface area (Å²) in [5, 5.41) is 1.94. The van der Waals surface area contributed by atoms with Crippen molar-refractivity contribution in [1.82, 2.24) is 0 Å². The summed E-state index contributed by atoms with van der Waals surface area (Å²) in [4.78, 5) is 0. The minimum Gasteiger partial charge on any atom is -0.0737 e. The van der Waals surface area contributed by atoms with Crippen molar-refractivity contribution in [3.05, 3.63) is 52.1 Å². The molecular formula is C38H66Si. The fraction of sp³-hybridized carbons (Fsp3) is 0.737. The molecule has 0 fully saturated rings. The number of unbranched alkanes of at least 4 members (excludes halogenated alkanes) is 15. The Kier molecular flexibility index (Phi) is 15.5. The van der Waals surface area contributed by atoms with Crippen LogP contribution in [0.3, 0.4) is 0 Å². The van der Waals surface area contributed by atoms with E-state index in [2.05, 4.69) is 79.3 Å². The third-order valence-corrected chi connectivity index (χ3v) is 16.3. The summed E-state index contributed by atoms with van der Waals surface area (Å²) >= 11 is 0. The van der Waals surface area contributed by atoms with Gasteiger partial charge >= 0.3 is 0 Å². The Hall–Kier alpha value is -1.08. The molecule has 1 aliphatic rings. The van der Waals surface area contributed by atoms with E-state index in [4.69, 9.17) is 0 Å². The fourth-order valence-corrected chi connectivity index (χ4v) is 12.1. The van der Waals surface area contributed by atoms with E-state index in [1.807, 2.05) is 0 Å². The highest BCUT2D eigenvalue weighted by atomic mass is 28.3. The van der Waals surface area contributed by atoms with Crippen molar-refractivity contribution in [2.24, 2.45) is 0 Å². The van der Waals surface area contributed by atoms with Crippen LogP contribution in [0.4, 0.5) is 0 Å². The smallest absolute Gasteiger partial charge is 0.0737 e. The van der Waals surface area contributed by atoms with Gasteiger partial charge < -0.3 is 0 Å². The van der Waals surface area contributed by atoms with E-state index in [1.165, 1.54) is 125 Å². The van der Waals surface area contributed by atoms with E-state index >= 15 is 0 Å². The molecule has 39 heavy (non-hydrogen) atoms. The van der Waals surface area contributed by atoms with E-state index in [0.717, 1.165) is 12.8 Å². The molecule has 0 saturated heterocycles. The molecule has 2 rings (SSSR count). The molecule has 0 amide bonds. The van der Waals surface area contributed by atoms with Gasteiger partial charge in [0.15, 0.2) is 0 Å². The molecule has 0 N–H and O–H groups in total. The number of allylic oxidation sites excluding steroid dienone is 4. The lowest BCUT2D eigenvalue weighted by atomic mass is 10.0. The first-order chi connectivity index (χ1) is 18.7. The summed E-state index contributed by atoms with van der Waals surface area (Å²) in [5.74, 6) is 0. The molecule has 0 radical (unpaired) electrons. The molecule has 2 atom stereocenters. The molecule has 1 heteroatoms. The number of rotatable bonds is 21. The predicted octanol–water partition coefficient (Wildman–Crippen LogP) is 12.4. The van der Waals surface area contributed by atoms with Crippen molar-refractivity contribution in [2.75, 3.05) is 0 Å². The molecule has 0 nitrogen and oxygen atoms in total. The zero-order chi connectivity index (χ0) is 28.7. The number of aryl methyl sites for hydroxylation is 2. The monoisotopic (exact) mass is 550 g/mol. The van der Waals surface area contributed by atoms with Gasteiger partial charge in [0.05, 0.1) is 8.07 Å². The van der Waals surface area contributed by atoms with Gasteiger partial charge in [-0.05, 0) is 50.3 Å². The Morgan fingerprint density at radius 1 is 0.590 bits per heavy atom. The molecule has 0 spiro atoms. The lowest BCUT2D eigenvalue weighted by molar-refractivity contribution is 0.531. The number of benzene rings is 1. The van der Waals surface area contributed by atoms with E-state index < -0.39 is 8.07 Å². The fourth-order valence-electron chi connectivity index (χ4n) is 7.13. The average molecular weight is 551 g/mol. The Morgan fingerprint density at radius 3 is 1.36 bits per heavy atom. The first-order valence-electron chi connectivity index (χ1n) is 17.2. The van der Waals surface area contributed by atoms with E-state index in [-0.39, 0.29) is 5.04 Å². The van der Waals surface area contributed by atoms with Gasteiger partial charge in [0.1, 0.15) is 0 Å². The van der Waals surface area contributed by atoms with Crippen molar-refractivity contribution < 1.29 is 0 Å². The van der Waals surface area contributed by atoms with Crippen molar-refractivity contribution in [2.45, 2.75) is 182 Å². The normalized spacial score (nSPS) is 19.0. The maximum atomic E-state index is 2.72. The second-order valence-corrected chi connectivity index (χ2v) is 18.2. The summed E-state index contributed by atoms with van der Waals surface area (Å²) in [6.07, 6.45) is 28.1. The third-order valence-electron chi connectivity index (χ3n) is 10.6. The molecule has 2 unspecified atom stereocenters. The molecular weight excluding hydrogens is 485 g/mol. The molecule has 0 heterocycles. The minimum atomic E-state index is -1.80. The third kappa shape index (κ3) is 9.76. The van der Waals surface area contributed by atoms with Crippen molar-refractivity contribution >= 4 is 13.3 Å². The van der Waals surface area contributed by atoms with Crippen LogP contribution < -0.4 is 5.19 Å². The molecule has 222 valence electrons. The summed E-state index contributed by atoms with van der Waals surface area (Å²) in [7, 11) is -1.80. The lowest BCUT2D eigenvalue weighted by Crippen LogP contribution is -2.54. The van der Waals surface area contributed by atoms with Gasteiger partial charge in [-0.3, -0.25) is 0 Å². The maximum Gasteiger partial charge on any atom is 0.0976 e. The highest BCUT2D eigenvalue weighted by Gasteiger charge is 2.49. The van der Waals surface area contributed by atoms with Crippen LogP contribution in [0.1, 0.15) is 162 Å². The van der Waals surface area contributed by atoms with Crippen molar-refractivity contribution in [3.8, 4) is 0 Å². The zero-order valence-electron chi connectivity index (χ0n) is 27.7. The van der Waals surface area contributed by atoms with Crippen LogP contribution in [0.25, 0.3) is 0 Å². The quantitative estimate of drug-likeness (QED) is 0.105. The van der Waals surface area contributed by atoms with Crippen LogP contribution >= 0.6 is 0 Å². The maximum absolute atomic E-state index is 2.72. The van der Waals surface area contributed by atoms with Gasteiger partial charge in [0, 0.05) is 5.04 Å². The standard InChI is InChI=1S/C38H66Si/c1-9-12-13-14-15-16-17-18-19-20-21-22-23-24-25-26-27-39(8,38(7)31-32(4)33(5)34(38)6)37-29-35(10-2)28-36(11-3)30-37/h28-31H,9-27H2,1-8H3. The van der Waals surface area contributed by atoms with E-state index in [1.54, 1.807) is 16.3 Å². The summed E-state index contributed by atoms with van der Waals surface area (Å²) < 4.78 is 0. The van der Waals surface area contributed by atoms with Crippen LogP contribution in [0.15, 0.2) is 41.0 Å². The van der Waals surface area contributed by atoms with Crippen molar-refractivity contribution in [3.63, 3.8) is 0 Å². The minimum absolute atomic E-state index is 0.230. The number of hydrogen-bond acceptors (Lipinski definition) is 0. The van der Waals surface area contributed by atoms with Crippen LogP contribution in [-0.2, 0) is 12.8 Å². The highest BCUT2D eigenvalue weighted by Crippen LogP contribution is 2.54. The van der Waals surface area contributed by atoms with Gasteiger partial charge in [-0.2, -0.15) is 0 Å². The number of hydrogen-bond donors (Lipinski definition) is 0. The van der Waals surface area contributed by atoms with Crippen molar-refractivity contribution in [1.29, 1.82) is 0 Å². The van der Waals surface area contributed by atoms with Crippen LogP contribution in [-0.4, -0.2) is 8.07 Å². The molecule has 1 aromatic rings. The second kappa shape index (κ2) is 17.7. The SMILES string of the molecule is CCCCCCCCCCCCCCCCCC[Si](C)(c1cc(CC)cc(CC)c1)C1(C)C=C(C)C(C)=C1C. The van der Waals surface area contributed by atoms with Gasteiger partial charge in [0.25, 0.3) is 0 Å². The van der Waals surface area contributed by atoms with E-state index in [0.29, 0.717) is 0 Å². The van der Waals surface area contributed by atoms with Gasteiger partial charge in [0.2, 0.25) is 0 Å². The Labute approximate surface area is 246 Å². The molecule has 0 saturated carbocycles. The molecule has 1 aromatic carbocycles. The molecule has 0 aromatic heterocycles. The molecule has 0 bridgehead atoms. The van der Waals surface area contributed by atoms with Gasteiger partial charge in [-0.1, -0.05) is 184 Å². The molecule has 0 aliphatic heterocycles. The Bertz CT molecular complexity index is 883. The Balaban J connectivity index is 1.83. The first kappa shape index (κ1) is 34.1. The largest absolute Gasteiger partial charge is 0.0976 e. The lowest BCUT2D eigenvalue weighted by Gasteiger charge is -2.44. The van der Waals surface area contributed by atoms with Gasteiger partial charge in [-0.25, -0.2) is 0 Å². The zero-order valence-corrected chi connectivity index (χ0v) is 28.7. The van der Waals surface area contributed by atoms with E-state index in [9.17, 15) is 0 Å². The molecule has 1 aliphatic carbocycles. The van der Waals surface area contributed by atoms with Crippen LogP contribution in [0, 0.1) is 0 Å². The highest BCUT2D eigenvalue weighted by molar-refractivity contribution is 6.94. The summed E-state index contributed by atoms with van der Waals surface area (Å²) in [6, 6.07) is 9.08. The topological polar surface area (TPSA) is 0 Å². The second-order valence-electron chi connectivity index (χ2n) is 13.4. The average Bonchev–Trinajstić information content (AvgIpc) is 3.15. The summed E-state index contributed by atoms with van der Waals surface area (Å²) in [5.41, 5.74) is 7.78. The van der Waals surface area contributed by atoms with Crippen LogP contribution in [0.2, 0.25) is 17.6 Å². The van der Waals surface area contributed by atoms with Crippen LogP contribution in [0.5, 0.6) is 0 Å². The first-order valence-corrected chi connectivity index (χ1v) is 19.9.